The Balaban J connectivity index is 1.27. The number of methoxy groups -OCH3 is 2. The van der Waals surface area contributed by atoms with Crippen molar-refractivity contribution in [1.82, 2.24) is 14.9 Å². The number of hydrogen-bond donors (Lipinski definition) is 1. The Morgan fingerprint density at radius 2 is 1.71 bits per heavy atom. The molecule has 0 saturated carbocycles. The van der Waals surface area contributed by atoms with Crippen LogP contribution in [0.5, 0.6) is 17.2 Å². The summed E-state index contributed by atoms with van der Waals surface area (Å²) in [6.07, 6.45) is 3.76. The number of carbonyl (C=O) groups is 1. The first-order valence-electron chi connectivity index (χ1n) is 13.1. The molecule has 1 heterocycles. The molecule has 38 heavy (non-hydrogen) atoms. The van der Waals surface area contributed by atoms with Crippen LogP contribution in [0.1, 0.15) is 46.6 Å². The molecule has 0 atom stereocenters. The molecule has 1 amide bonds. The fraction of sp³-hybridized carbons (Fsp3) is 0.355. The second-order valence-corrected chi connectivity index (χ2v) is 9.35. The summed E-state index contributed by atoms with van der Waals surface area (Å²) in [6, 6.07) is 19.6. The molecule has 0 aliphatic rings. The van der Waals surface area contributed by atoms with Crippen LogP contribution in [0.2, 0.25) is 0 Å². The first kappa shape index (κ1) is 27.0. The number of benzene rings is 3. The minimum Gasteiger partial charge on any atom is -0.493 e. The largest absolute Gasteiger partial charge is 0.493 e. The molecule has 1 N–H and O–H groups in total. The summed E-state index contributed by atoms with van der Waals surface area (Å²) in [6.45, 7) is 6.14. The van der Waals surface area contributed by atoms with Gasteiger partial charge in [0.25, 0.3) is 5.91 Å². The number of ether oxygens (including phenoxy) is 3. The highest BCUT2D eigenvalue weighted by Gasteiger charge is 2.12. The molecule has 0 unspecified atom stereocenters. The topological polar surface area (TPSA) is 74.6 Å². The lowest BCUT2D eigenvalue weighted by Crippen LogP contribution is -2.24. The van der Waals surface area contributed by atoms with E-state index in [4.69, 9.17) is 19.2 Å². The smallest absolute Gasteiger partial charge is 0.251 e. The Labute approximate surface area is 224 Å². The second kappa shape index (κ2) is 13.0. The van der Waals surface area contributed by atoms with Crippen molar-refractivity contribution in [3.8, 4) is 17.2 Å². The van der Waals surface area contributed by atoms with Crippen LogP contribution in [-0.2, 0) is 13.0 Å². The zero-order valence-corrected chi connectivity index (χ0v) is 22.8. The van der Waals surface area contributed by atoms with Crippen LogP contribution in [0.15, 0.2) is 60.7 Å². The van der Waals surface area contributed by atoms with E-state index in [0.29, 0.717) is 30.2 Å². The van der Waals surface area contributed by atoms with E-state index in [1.165, 1.54) is 11.1 Å². The lowest BCUT2D eigenvalue weighted by Gasteiger charge is -2.13. The molecule has 0 radical (unpaired) electrons. The monoisotopic (exact) mass is 515 g/mol. The summed E-state index contributed by atoms with van der Waals surface area (Å²) in [4.78, 5) is 17.4. The summed E-state index contributed by atoms with van der Waals surface area (Å²) < 4.78 is 18.9. The predicted molar refractivity (Wildman–Crippen MR) is 151 cm³/mol. The number of rotatable bonds is 13. The number of hydrogen-bond acceptors (Lipinski definition) is 5. The van der Waals surface area contributed by atoms with Crippen molar-refractivity contribution in [2.75, 3.05) is 27.4 Å². The Morgan fingerprint density at radius 1 is 0.895 bits per heavy atom. The lowest BCUT2D eigenvalue weighted by molar-refractivity contribution is 0.0952. The summed E-state index contributed by atoms with van der Waals surface area (Å²) in [5.74, 6) is 3.04. The maximum absolute atomic E-state index is 12.5. The van der Waals surface area contributed by atoms with Crippen LogP contribution < -0.4 is 19.5 Å². The quantitative estimate of drug-likeness (QED) is 0.225. The van der Waals surface area contributed by atoms with Crippen molar-refractivity contribution in [2.45, 2.75) is 46.1 Å². The summed E-state index contributed by atoms with van der Waals surface area (Å²) >= 11 is 0. The number of nitrogens with zero attached hydrogens (tertiary/aromatic N) is 2. The van der Waals surface area contributed by atoms with Gasteiger partial charge in [-0.1, -0.05) is 30.7 Å². The number of para-hydroxylation sites is 2. The number of aromatic nitrogens is 2. The SMILES string of the molecule is COc1ccc(C(=O)NCCCCCc2nc3ccccc3n2CCOc2cccc(C)c2C)cc1OC. The van der Waals surface area contributed by atoms with Crippen LogP contribution >= 0.6 is 0 Å². The van der Waals surface area contributed by atoms with Gasteiger partial charge in [0.2, 0.25) is 0 Å². The second-order valence-electron chi connectivity index (χ2n) is 9.35. The van der Waals surface area contributed by atoms with E-state index in [9.17, 15) is 4.79 Å². The van der Waals surface area contributed by atoms with Gasteiger partial charge in [-0.15, -0.1) is 0 Å². The summed E-state index contributed by atoms with van der Waals surface area (Å²) in [5.41, 5.74) is 5.11. The average Bonchev–Trinajstić information content (AvgIpc) is 3.29. The number of amides is 1. The van der Waals surface area contributed by atoms with Crippen molar-refractivity contribution in [3.63, 3.8) is 0 Å². The van der Waals surface area contributed by atoms with Crippen molar-refractivity contribution in [1.29, 1.82) is 0 Å². The van der Waals surface area contributed by atoms with Gasteiger partial charge in [-0.3, -0.25) is 4.79 Å². The molecule has 0 spiro atoms. The molecule has 1 aromatic heterocycles. The highest BCUT2D eigenvalue weighted by molar-refractivity contribution is 5.94. The Hall–Kier alpha value is -4.00. The fourth-order valence-corrected chi connectivity index (χ4v) is 4.56. The molecule has 4 rings (SSSR count). The zero-order valence-electron chi connectivity index (χ0n) is 22.8. The van der Waals surface area contributed by atoms with Gasteiger partial charge in [-0.2, -0.15) is 0 Å². The van der Waals surface area contributed by atoms with Crippen molar-refractivity contribution in [2.24, 2.45) is 0 Å². The van der Waals surface area contributed by atoms with Crippen molar-refractivity contribution >= 4 is 16.9 Å². The van der Waals surface area contributed by atoms with Gasteiger partial charge in [-0.05, 0) is 74.2 Å². The summed E-state index contributed by atoms with van der Waals surface area (Å²) in [7, 11) is 3.14. The third kappa shape index (κ3) is 6.46. The molecule has 4 aromatic rings. The highest BCUT2D eigenvalue weighted by atomic mass is 16.5. The lowest BCUT2D eigenvalue weighted by atomic mass is 10.1. The molecule has 7 nitrogen and oxygen atoms in total. The van der Waals surface area contributed by atoms with E-state index >= 15 is 0 Å². The van der Waals surface area contributed by atoms with E-state index in [1.807, 2.05) is 18.2 Å². The Kier molecular flexibility index (Phi) is 9.25. The maximum atomic E-state index is 12.5. The number of fused-ring (bicyclic) bond motifs is 1. The van der Waals surface area contributed by atoms with E-state index in [1.54, 1.807) is 32.4 Å². The molecule has 200 valence electrons. The molecular weight excluding hydrogens is 478 g/mol. The van der Waals surface area contributed by atoms with E-state index in [0.717, 1.165) is 54.8 Å². The standard InChI is InChI=1S/C31H37N3O4/c1-22-11-10-14-27(23(22)2)38-20-19-34-26-13-8-7-12-25(26)33-30(34)15-6-5-9-18-32-31(35)24-16-17-28(36-3)29(21-24)37-4/h7-8,10-14,16-17,21H,5-6,9,15,18-20H2,1-4H3,(H,32,35). The Morgan fingerprint density at radius 3 is 2.53 bits per heavy atom. The number of nitrogens with one attached hydrogen (secondary N) is 1. The molecule has 0 saturated heterocycles. The molecule has 7 heteroatoms. The van der Waals surface area contributed by atoms with Crippen LogP contribution in [-0.4, -0.2) is 42.8 Å². The number of unbranched alkanes of at least 4 members (excludes halogenated alkanes) is 2. The van der Waals surface area contributed by atoms with Crippen molar-refractivity contribution < 1.29 is 19.0 Å². The molecule has 0 aliphatic heterocycles. The third-order valence-electron chi connectivity index (χ3n) is 6.87. The first-order chi connectivity index (χ1) is 18.5. The van der Waals surface area contributed by atoms with Crippen LogP contribution in [0.3, 0.4) is 0 Å². The van der Waals surface area contributed by atoms with Gasteiger partial charge in [0, 0.05) is 18.5 Å². The molecule has 0 fully saturated rings. The zero-order chi connectivity index (χ0) is 26.9. The van der Waals surface area contributed by atoms with Gasteiger partial charge in [-0.25, -0.2) is 4.98 Å². The van der Waals surface area contributed by atoms with Gasteiger partial charge in [0.05, 0.1) is 31.8 Å². The van der Waals surface area contributed by atoms with Crippen LogP contribution in [0, 0.1) is 13.8 Å². The minimum absolute atomic E-state index is 0.114. The van der Waals surface area contributed by atoms with E-state index in [-0.39, 0.29) is 5.91 Å². The molecule has 0 aliphatic carbocycles. The summed E-state index contributed by atoms with van der Waals surface area (Å²) in [5, 5.41) is 3.00. The third-order valence-corrected chi connectivity index (χ3v) is 6.87. The molecule has 3 aromatic carbocycles. The minimum atomic E-state index is -0.114. The maximum Gasteiger partial charge on any atom is 0.251 e. The van der Waals surface area contributed by atoms with E-state index < -0.39 is 0 Å². The van der Waals surface area contributed by atoms with Crippen LogP contribution in [0.4, 0.5) is 0 Å². The highest BCUT2D eigenvalue weighted by Crippen LogP contribution is 2.27. The van der Waals surface area contributed by atoms with Crippen molar-refractivity contribution in [3.05, 3.63) is 83.2 Å². The average molecular weight is 516 g/mol. The van der Waals surface area contributed by atoms with Gasteiger partial charge >= 0.3 is 0 Å². The number of imidazole rings is 1. The molecule has 0 bridgehead atoms. The van der Waals surface area contributed by atoms with E-state index in [2.05, 4.69) is 48.0 Å². The van der Waals surface area contributed by atoms with Gasteiger partial charge in [0.1, 0.15) is 18.2 Å². The fourth-order valence-electron chi connectivity index (χ4n) is 4.56. The normalized spacial score (nSPS) is 10.9. The number of carbonyl (C=O) groups excluding carboxylic acids is 1. The predicted octanol–water partition coefficient (Wildman–Crippen LogP) is 5.89. The number of aryl methyl sites for hydroxylation is 2. The van der Waals surface area contributed by atoms with Gasteiger partial charge in [0.15, 0.2) is 11.5 Å². The molecular formula is C31H37N3O4. The Bertz CT molecular complexity index is 1380. The van der Waals surface area contributed by atoms with Crippen LogP contribution in [0.25, 0.3) is 11.0 Å². The van der Waals surface area contributed by atoms with Gasteiger partial charge < -0.3 is 24.1 Å². The first-order valence-corrected chi connectivity index (χ1v) is 13.1.